The summed E-state index contributed by atoms with van der Waals surface area (Å²) in [5.41, 5.74) is -0.158. The van der Waals surface area contributed by atoms with Gasteiger partial charge in [0.25, 0.3) is 5.91 Å². The zero-order valence-corrected chi connectivity index (χ0v) is 9.72. The maximum absolute atomic E-state index is 13.6. The van der Waals surface area contributed by atoms with Crippen LogP contribution in [0.3, 0.4) is 0 Å². The van der Waals surface area contributed by atoms with Crippen LogP contribution in [0.2, 0.25) is 0 Å². The molecule has 0 spiro atoms. The molecule has 1 aliphatic rings. The number of benzene rings is 1. The quantitative estimate of drug-likeness (QED) is 0.877. The van der Waals surface area contributed by atoms with Crippen molar-refractivity contribution in [3.05, 3.63) is 29.6 Å². The number of likely N-dealkylation sites (N-methyl/N-ethyl adjacent to an activating group) is 1. The second-order valence-electron chi connectivity index (χ2n) is 4.11. The van der Waals surface area contributed by atoms with Crippen LogP contribution in [0.15, 0.2) is 18.2 Å². The lowest BCUT2D eigenvalue weighted by molar-refractivity contribution is -0.132. The Hall–Kier alpha value is -2.11. The van der Waals surface area contributed by atoms with Crippen LogP contribution in [0.25, 0.3) is 0 Å². The summed E-state index contributed by atoms with van der Waals surface area (Å²) in [7, 11) is 1.65. The van der Waals surface area contributed by atoms with Crippen LogP contribution in [0.1, 0.15) is 16.8 Å². The minimum absolute atomic E-state index is 0.103. The topological polar surface area (TPSA) is 66.8 Å². The number of hydrogen-bond acceptors (Lipinski definition) is 3. The Morgan fingerprint density at radius 3 is 2.78 bits per heavy atom. The normalized spacial score (nSPS) is 19.1. The zero-order chi connectivity index (χ0) is 13.3. The summed E-state index contributed by atoms with van der Waals surface area (Å²) in [6.07, 6.45) is -0.199. The second kappa shape index (κ2) is 4.64. The van der Waals surface area contributed by atoms with Crippen molar-refractivity contribution in [2.24, 2.45) is 0 Å². The Morgan fingerprint density at radius 2 is 2.28 bits per heavy atom. The van der Waals surface area contributed by atoms with Crippen LogP contribution in [0.5, 0.6) is 5.75 Å². The predicted octanol–water partition coefficient (Wildman–Crippen LogP) is 1.13. The molecule has 0 bridgehead atoms. The number of carboxylic acids is 1. The van der Waals surface area contributed by atoms with E-state index in [0.717, 1.165) is 6.07 Å². The first kappa shape index (κ1) is 12.3. The molecule has 2 rings (SSSR count). The van der Waals surface area contributed by atoms with E-state index in [1.807, 2.05) is 0 Å². The number of likely N-dealkylation sites (tertiary alicyclic amines) is 1. The maximum Gasteiger partial charge on any atom is 0.335 e. The van der Waals surface area contributed by atoms with Gasteiger partial charge in [0, 0.05) is 20.0 Å². The van der Waals surface area contributed by atoms with E-state index in [9.17, 15) is 14.0 Å². The van der Waals surface area contributed by atoms with E-state index in [0.29, 0.717) is 13.0 Å². The van der Waals surface area contributed by atoms with Gasteiger partial charge in [0.15, 0.2) is 17.7 Å². The van der Waals surface area contributed by atoms with E-state index in [2.05, 4.69) is 0 Å². The summed E-state index contributed by atoms with van der Waals surface area (Å²) in [4.78, 5) is 23.7. The Kier molecular flexibility index (Phi) is 3.18. The van der Waals surface area contributed by atoms with Crippen LogP contribution >= 0.6 is 0 Å². The van der Waals surface area contributed by atoms with Crippen LogP contribution in [0.4, 0.5) is 4.39 Å². The Morgan fingerprint density at radius 1 is 1.56 bits per heavy atom. The highest BCUT2D eigenvalue weighted by molar-refractivity contribution is 5.87. The van der Waals surface area contributed by atoms with Gasteiger partial charge in [-0.05, 0) is 18.2 Å². The molecule has 1 amide bonds. The van der Waals surface area contributed by atoms with E-state index in [1.165, 1.54) is 17.0 Å². The zero-order valence-electron chi connectivity index (χ0n) is 9.72. The highest BCUT2D eigenvalue weighted by Crippen LogP contribution is 2.23. The van der Waals surface area contributed by atoms with Crippen LogP contribution in [-0.4, -0.2) is 41.6 Å². The lowest BCUT2D eigenvalue weighted by Crippen LogP contribution is -2.29. The first-order chi connectivity index (χ1) is 8.49. The van der Waals surface area contributed by atoms with Crippen LogP contribution in [-0.2, 0) is 4.79 Å². The van der Waals surface area contributed by atoms with Gasteiger partial charge >= 0.3 is 5.97 Å². The molecule has 0 radical (unpaired) electrons. The second-order valence-corrected chi connectivity index (χ2v) is 4.11. The summed E-state index contributed by atoms with van der Waals surface area (Å²) in [6, 6.07) is 3.34. The van der Waals surface area contributed by atoms with Crippen molar-refractivity contribution in [1.82, 2.24) is 4.90 Å². The lowest BCUT2D eigenvalue weighted by Gasteiger charge is -2.13. The fourth-order valence-corrected chi connectivity index (χ4v) is 1.78. The highest BCUT2D eigenvalue weighted by atomic mass is 19.1. The number of carboxylic acid groups (broad SMARTS) is 1. The number of amides is 1. The average Bonchev–Trinajstić information content (AvgIpc) is 2.63. The SMILES string of the molecule is CN1CCC(Oc2ccc(C(=O)O)cc2F)C1=O. The number of rotatable bonds is 3. The minimum atomic E-state index is -1.21. The van der Waals surface area contributed by atoms with Crippen LogP contribution < -0.4 is 4.74 Å². The van der Waals surface area contributed by atoms with Gasteiger partial charge in [-0.15, -0.1) is 0 Å². The summed E-state index contributed by atoms with van der Waals surface area (Å²) in [5, 5.41) is 8.69. The minimum Gasteiger partial charge on any atom is -0.478 e. The molecule has 1 aliphatic heterocycles. The molecule has 18 heavy (non-hydrogen) atoms. The molecule has 1 atom stereocenters. The number of carbonyl (C=O) groups is 2. The lowest BCUT2D eigenvalue weighted by atomic mass is 10.2. The molecule has 6 heteroatoms. The first-order valence-electron chi connectivity index (χ1n) is 5.43. The standard InChI is InChI=1S/C12H12FNO4/c1-14-5-4-10(11(14)15)18-9-3-2-7(12(16)17)6-8(9)13/h2-3,6,10H,4-5H2,1H3,(H,16,17). The molecule has 1 fully saturated rings. The average molecular weight is 253 g/mol. The van der Waals surface area contributed by atoms with Crippen LogP contribution in [0, 0.1) is 5.82 Å². The first-order valence-corrected chi connectivity index (χ1v) is 5.43. The molecule has 0 aliphatic carbocycles. The van der Waals surface area contributed by atoms with Gasteiger partial charge in [-0.3, -0.25) is 4.79 Å². The van der Waals surface area contributed by atoms with Crippen molar-refractivity contribution in [3.8, 4) is 5.75 Å². The molecule has 1 aromatic rings. The fourth-order valence-electron chi connectivity index (χ4n) is 1.78. The Bertz CT molecular complexity index is 503. The van der Waals surface area contributed by atoms with Crippen molar-refractivity contribution < 1.29 is 23.8 Å². The molecule has 1 N–H and O–H groups in total. The highest BCUT2D eigenvalue weighted by Gasteiger charge is 2.31. The van der Waals surface area contributed by atoms with E-state index in [1.54, 1.807) is 7.05 Å². The molecular weight excluding hydrogens is 241 g/mol. The van der Waals surface area contributed by atoms with Gasteiger partial charge in [0.2, 0.25) is 0 Å². The van der Waals surface area contributed by atoms with Crippen molar-refractivity contribution >= 4 is 11.9 Å². The van der Waals surface area contributed by atoms with Gasteiger partial charge < -0.3 is 14.7 Å². The largest absolute Gasteiger partial charge is 0.478 e. The molecule has 1 heterocycles. The number of halogens is 1. The van der Waals surface area contributed by atoms with Gasteiger partial charge in [-0.2, -0.15) is 0 Å². The molecule has 5 nitrogen and oxygen atoms in total. The smallest absolute Gasteiger partial charge is 0.335 e. The van der Waals surface area contributed by atoms with Gasteiger partial charge in [0.1, 0.15) is 0 Å². The predicted molar refractivity (Wildman–Crippen MR) is 60.0 cm³/mol. The number of carbonyl (C=O) groups excluding carboxylic acids is 1. The molecule has 1 unspecified atom stereocenters. The maximum atomic E-state index is 13.6. The van der Waals surface area contributed by atoms with E-state index >= 15 is 0 Å². The van der Waals surface area contributed by atoms with Crippen molar-refractivity contribution in [2.45, 2.75) is 12.5 Å². The van der Waals surface area contributed by atoms with Crippen molar-refractivity contribution in [3.63, 3.8) is 0 Å². The van der Waals surface area contributed by atoms with Gasteiger partial charge in [-0.25, -0.2) is 9.18 Å². The van der Waals surface area contributed by atoms with E-state index in [-0.39, 0.29) is 17.2 Å². The molecule has 1 aromatic carbocycles. The van der Waals surface area contributed by atoms with Gasteiger partial charge in [0.05, 0.1) is 5.56 Å². The molecular formula is C12H12FNO4. The third-order valence-electron chi connectivity index (χ3n) is 2.83. The number of ether oxygens (including phenoxy) is 1. The van der Waals surface area contributed by atoms with Crippen molar-refractivity contribution in [1.29, 1.82) is 0 Å². The fraction of sp³-hybridized carbons (Fsp3) is 0.333. The summed E-state index contributed by atoms with van der Waals surface area (Å²) < 4.78 is 18.8. The molecule has 96 valence electrons. The van der Waals surface area contributed by atoms with Crippen molar-refractivity contribution in [2.75, 3.05) is 13.6 Å². The Balaban J connectivity index is 2.15. The molecule has 1 saturated heterocycles. The van der Waals surface area contributed by atoms with E-state index in [4.69, 9.17) is 9.84 Å². The third-order valence-corrected chi connectivity index (χ3v) is 2.83. The van der Waals surface area contributed by atoms with E-state index < -0.39 is 17.9 Å². The summed E-state index contributed by atoms with van der Waals surface area (Å²) in [5.74, 6) is -2.29. The number of hydrogen-bond donors (Lipinski definition) is 1. The monoisotopic (exact) mass is 253 g/mol. The summed E-state index contributed by atoms with van der Waals surface area (Å²) >= 11 is 0. The summed E-state index contributed by atoms with van der Waals surface area (Å²) in [6.45, 7) is 0.568. The Labute approximate surface area is 103 Å². The number of aromatic carboxylic acids is 1. The molecule has 0 saturated carbocycles. The third kappa shape index (κ3) is 2.27. The molecule has 0 aromatic heterocycles. The van der Waals surface area contributed by atoms with Gasteiger partial charge in [-0.1, -0.05) is 0 Å². The number of nitrogens with zero attached hydrogens (tertiary/aromatic N) is 1.